The predicted molar refractivity (Wildman–Crippen MR) is 72.2 cm³/mol. The molecule has 0 saturated heterocycles. The Morgan fingerprint density at radius 1 is 1.06 bits per heavy atom. The highest BCUT2D eigenvalue weighted by Gasteiger charge is 2.42. The van der Waals surface area contributed by atoms with Crippen molar-refractivity contribution in [2.24, 2.45) is 23.7 Å². The van der Waals surface area contributed by atoms with Crippen LogP contribution in [0.1, 0.15) is 49.3 Å². The molecule has 1 aromatic rings. The van der Waals surface area contributed by atoms with Gasteiger partial charge in [0.15, 0.2) is 0 Å². The molecule has 18 heavy (non-hydrogen) atoms. The molecule has 96 valence electrons. The van der Waals surface area contributed by atoms with Crippen LogP contribution in [0.5, 0.6) is 0 Å². The molecule has 1 N–H and O–H groups in total. The maximum atomic E-state index is 10.5. The molecular formula is C17H22O. The van der Waals surface area contributed by atoms with Crippen molar-refractivity contribution in [3.05, 3.63) is 35.4 Å². The Bertz CT molecular complexity index is 453. The lowest BCUT2D eigenvalue weighted by Crippen LogP contribution is -2.18. The van der Waals surface area contributed by atoms with Gasteiger partial charge < -0.3 is 5.11 Å². The van der Waals surface area contributed by atoms with Crippen molar-refractivity contribution in [1.82, 2.24) is 0 Å². The summed E-state index contributed by atoms with van der Waals surface area (Å²) >= 11 is 0. The fourth-order valence-electron chi connectivity index (χ4n) is 4.92. The maximum Gasteiger partial charge on any atom is 0.0824 e. The highest BCUT2D eigenvalue weighted by atomic mass is 16.3. The molecule has 2 fully saturated rings. The van der Waals surface area contributed by atoms with Crippen molar-refractivity contribution in [2.45, 2.75) is 44.6 Å². The second kappa shape index (κ2) is 4.09. The van der Waals surface area contributed by atoms with Gasteiger partial charge >= 0.3 is 0 Å². The van der Waals surface area contributed by atoms with Crippen LogP contribution in [0.3, 0.4) is 0 Å². The minimum absolute atomic E-state index is 0.194. The molecule has 5 unspecified atom stereocenters. The SMILES string of the molecule is OC1c2ccccc2CC1CC1CC2CCC1C2. The number of aliphatic hydroxyl groups excluding tert-OH is 1. The summed E-state index contributed by atoms with van der Waals surface area (Å²) in [6.45, 7) is 0. The zero-order chi connectivity index (χ0) is 12.1. The highest BCUT2D eigenvalue weighted by molar-refractivity contribution is 5.34. The van der Waals surface area contributed by atoms with Crippen LogP contribution in [0.2, 0.25) is 0 Å². The Labute approximate surface area is 109 Å². The van der Waals surface area contributed by atoms with Crippen LogP contribution < -0.4 is 0 Å². The van der Waals surface area contributed by atoms with Crippen LogP contribution in [-0.2, 0) is 6.42 Å². The molecule has 0 aromatic heterocycles. The van der Waals surface area contributed by atoms with Crippen molar-refractivity contribution in [2.75, 3.05) is 0 Å². The van der Waals surface area contributed by atoms with Gasteiger partial charge in [-0.05, 0) is 66.9 Å². The molecule has 3 aliphatic rings. The zero-order valence-corrected chi connectivity index (χ0v) is 10.9. The van der Waals surface area contributed by atoms with E-state index >= 15 is 0 Å². The molecular weight excluding hydrogens is 220 g/mol. The molecule has 1 heteroatoms. The van der Waals surface area contributed by atoms with Gasteiger partial charge in [0.2, 0.25) is 0 Å². The zero-order valence-electron chi connectivity index (χ0n) is 10.9. The van der Waals surface area contributed by atoms with Gasteiger partial charge in [-0.15, -0.1) is 0 Å². The third-order valence-electron chi connectivity index (χ3n) is 5.79. The van der Waals surface area contributed by atoms with Gasteiger partial charge in [0.25, 0.3) is 0 Å². The first-order valence-corrected chi connectivity index (χ1v) is 7.57. The summed E-state index contributed by atoms with van der Waals surface area (Å²) in [5.74, 6) is 3.43. The number of hydrogen-bond donors (Lipinski definition) is 1. The quantitative estimate of drug-likeness (QED) is 0.838. The molecule has 0 amide bonds. The van der Waals surface area contributed by atoms with E-state index in [9.17, 15) is 5.11 Å². The van der Waals surface area contributed by atoms with E-state index in [0.717, 1.165) is 24.2 Å². The van der Waals surface area contributed by atoms with E-state index in [1.54, 1.807) is 0 Å². The highest BCUT2D eigenvalue weighted by Crippen LogP contribution is 2.52. The van der Waals surface area contributed by atoms with Crippen LogP contribution in [0, 0.1) is 23.7 Å². The summed E-state index contributed by atoms with van der Waals surface area (Å²) in [6.07, 6.45) is 8.05. The Balaban J connectivity index is 1.48. The van der Waals surface area contributed by atoms with Crippen molar-refractivity contribution >= 4 is 0 Å². The summed E-state index contributed by atoms with van der Waals surface area (Å²) in [7, 11) is 0. The fourth-order valence-corrected chi connectivity index (χ4v) is 4.92. The molecule has 0 radical (unpaired) electrons. The number of rotatable bonds is 2. The topological polar surface area (TPSA) is 20.2 Å². The molecule has 0 heterocycles. The van der Waals surface area contributed by atoms with E-state index in [4.69, 9.17) is 0 Å². The van der Waals surface area contributed by atoms with Crippen LogP contribution in [0.4, 0.5) is 0 Å². The Kier molecular flexibility index (Phi) is 2.51. The molecule has 0 spiro atoms. The third kappa shape index (κ3) is 1.64. The van der Waals surface area contributed by atoms with E-state index in [1.807, 2.05) is 0 Å². The van der Waals surface area contributed by atoms with Gasteiger partial charge in [-0.25, -0.2) is 0 Å². The molecule has 1 aromatic carbocycles. The molecule has 1 nitrogen and oxygen atoms in total. The normalized spacial score (nSPS) is 41.3. The van der Waals surface area contributed by atoms with Gasteiger partial charge in [-0.3, -0.25) is 0 Å². The Morgan fingerprint density at radius 2 is 1.94 bits per heavy atom. The molecule has 3 aliphatic carbocycles. The number of fused-ring (bicyclic) bond motifs is 3. The summed E-state index contributed by atoms with van der Waals surface area (Å²) in [5, 5.41) is 10.5. The van der Waals surface area contributed by atoms with Crippen LogP contribution in [-0.4, -0.2) is 5.11 Å². The number of hydrogen-bond acceptors (Lipinski definition) is 1. The van der Waals surface area contributed by atoms with E-state index in [1.165, 1.54) is 43.2 Å². The van der Waals surface area contributed by atoms with Crippen LogP contribution in [0.15, 0.2) is 24.3 Å². The average molecular weight is 242 g/mol. The van der Waals surface area contributed by atoms with Crippen molar-refractivity contribution < 1.29 is 5.11 Å². The Hall–Kier alpha value is -0.820. The van der Waals surface area contributed by atoms with E-state index in [2.05, 4.69) is 24.3 Å². The summed E-state index contributed by atoms with van der Waals surface area (Å²) in [4.78, 5) is 0. The van der Waals surface area contributed by atoms with Crippen molar-refractivity contribution in [3.63, 3.8) is 0 Å². The molecule has 4 rings (SSSR count). The predicted octanol–water partition coefficient (Wildman–Crippen LogP) is 3.72. The third-order valence-corrected chi connectivity index (χ3v) is 5.79. The van der Waals surface area contributed by atoms with Gasteiger partial charge in [-0.2, -0.15) is 0 Å². The lowest BCUT2D eigenvalue weighted by molar-refractivity contribution is 0.0984. The summed E-state index contributed by atoms with van der Waals surface area (Å²) < 4.78 is 0. The van der Waals surface area contributed by atoms with Crippen LogP contribution in [0.25, 0.3) is 0 Å². The van der Waals surface area contributed by atoms with Gasteiger partial charge in [0.1, 0.15) is 0 Å². The molecule has 0 aliphatic heterocycles. The minimum Gasteiger partial charge on any atom is -0.388 e. The van der Waals surface area contributed by atoms with Gasteiger partial charge in [0, 0.05) is 0 Å². The lowest BCUT2D eigenvalue weighted by Gasteiger charge is -2.26. The standard InChI is InChI=1S/C17H22O/c18-17-15(9-13-3-1-2-4-16(13)17)10-14-8-11-5-6-12(14)7-11/h1-4,11-12,14-15,17-18H,5-10H2. The van der Waals surface area contributed by atoms with Crippen molar-refractivity contribution in [1.29, 1.82) is 0 Å². The first-order valence-electron chi connectivity index (χ1n) is 7.57. The summed E-state index contributed by atoms with van der Waals surface area (Å²) in [5.41, 5.74) is 2.59. The Morgan fingerprint density at radius 3 is 2.67 bits per heavy atom. The fraction of sp³-hybridized carbons (Fsp3) is 0.647. The van der Waals surface area contributed by atoms with E-state index in [0.29, 0.717) is 5.92 Å². The smallest absolute Gasteiger partial charge is 0.0824 e. The average Bonchev–Trinajstić information content (AvgIpc) is 3.06. The minimum atomic E-state index is -0.194. The maximum absolute atomic E-state index is 10.5. The van der Waals surface area contributed by atoms with Crippen molar-refractivity contribution in [3.8, 4) is 0 Å². The largest absolute Gasteiger partial charge is 0.388 e. The van der Waals surface area contributed by atoms with Crippen LogP contribution >= 0.6 is 0 Å². The van der Waals surface area contributed by atoms with E-state index in [-0.39, 0.29) is 6.10 Å². The summed E-state index contributed by atoms with van der Waals surface area (Å²) in [6, 6.07) is 8.47. The monoisotopic (exact) mass is 242 g/mol. The first-order chi connectivity index (χ1) is 8.81. The van der Waals surface area contributed by atoms with E-state index < -0.39 is 0 Å². The second-order valence-electron chi connectivity index (χ2n) is 6.78. The van der Waals surface area contributed by atoms with Gasteiger partial charge in [-0.1, -0.05) is 30.7 Å². The number of benzene rings is 1. The molecule has 5 atom stereocenters. The molecule has 2 bridgehead atoms. The lowest BCUT2D eigenvalue weighted by atomic mass is 9.81. The van der Waals surface area contributed by atoms with Gasteiger partial charge in [0.05, 0.1) is 6.10 Å². The number of aliphatic hydroxyl groups is 1. The molecule has 2 saturated carbocycles. The second-order valence-corrected chi connectivity index (χ2v) is 6.78. The first kappa shape index (κ1) is 11.0.